The van der Waals surface area contributed by atoms with Crippen LogP contribution in [0.2, 0.25) is 0 Å². The zero-order valence-corrected chi connectivity index (χ0v) is 40.8. The molecule has 0 aliphatic carbocycles. The van der Waals surface area contributed by atoms with Crippen molar-refractivity contribution in [2.45, 2.75) is 0 Å². The Morgan fingerprint density at radius 2 is 0.904 bits per heavy atom. The molecular formula is C66H43N5OPt. The zero-order valence-electron chi connectivity index (χ0n) is 48.5. The second-order valence-corrected chi connectivity index (χ2v) is 18.6. The first-order chi connectivity index (χ1) is 40.3. The summed E-state index contributed by atoms with van der Waals surface area (Å²) in [4.78, 5) is 4.97. The van der Waals surface area contributed by atoms with Gasteiger partial charge in [-0.3, -0.25) is 0 Å². The average molecular weight is 1130 g/mol. The van der Waals surface area contributed by atoms with E-state index in [4.69, 9.17) is 17.9 Å². The van der Waals surface area contributed by atoms with Crippen molar-refractivity contribution in [3.05, 3.63) is 265 Å². The maximum atomic E-state index is 9.56. The number of aromatic nitrogens is 5. The van der Waals surface area contributed by atoms with E-state index < -0.39 is 60.4 Å². The number of pyridine rings is 1. The summed E-state index contributed by atoms with van der Waals surface area (Å²) in [6.07, 6.45) is 1.89. The Labute approximate surface area is 446 Å². The predicted octanol–water partition coefficient (Wildman–Crippen LogP) is 16.9. The fraction of sp³-hybridized carbons (Fsp3) is 0. The molecule has 4 aromatic heterocycles. The number of hydrogen-bond acceptors (Lipinski definition) is 2. The van der Waals surface area contributed by atoms with Crippen LogP contribution in [0, 0.1) is 3.80 Å². The molecule has 6 nitrogen and oxygen atoms in total. The van der Waals surface area contributed by atoms with Gasteiger partial charge >= 0.3 is 382 Å². The molecule has 0 saturated heterocycles. The molecule has 0 aliphatic heterocycles. The molecule has 4 heterocycles. The number of rotatable bonds is 9. The van der Waals surface area contributed by atoms with Gasteiger partial charge in [0, 0.05) is 11.8 Å². The number of para-hydroxylation sites is 5. The van der Waals surface area contributed by atoms with Crippen LogP contribution >= 0.6 is 0 Å². The van der Waals surface area contributed by atoms with Crippen LogP contribution in [0.15, 0.2) is 261 Å². The quantitative estimate of drug-likeness (QED) is 0.145. The molecule has 0 aliphatic rings. The first-order valence-electron chi connectivity index (χ1n) is 28.6. The molecule has 348 valence electrons. The van der Waals surface area contributed by atoms with Gasteiger partial charge in [-0.1, -0.05) is 42.5 Å². The van der Waals surface area contributed by atoms with Crippen molar-refractivity contribution in [1.82, 2.24) is 23.3 Å². The molecule has 0 atom stereocenters. The number of hydrogen-bond donors (Lipinski definition) is 0. The first-order valence-corrected chi connectivity index (χ1v) is 24.8. The maximum absolute atomic E-state index is 9.56. The fourth-order valence-corrected chi connectivity index (χ4v) is 11.4. The third kappa shape index (κ3) is 7.21. The van der Waals surface area contributed by atoms with E-state index in [9.17, 15) is 5.48 Å². The van der Waals surface area contributed by atoms with Crippen LogP contribution in [0.1, 0.15) is 13.7 Å². The second-order valence-electron chi connectivity index (χ2n) is 17.6. The SMILES string of the molecule is [2H]c1c([2H])c([2H])c(-c2cc(-n3c4ccccc4c4ccccc43)cc(-c3c([2H])c([2H])c([2H])c([2H])c3[2H])c2-n2[c](=[Pt])n(-c3cccc(Oc4ccc5c6ccccc6n(-c6ccc(-c7ccccc7)cn6)c5c4)c3)c3ccccc32)c([2H])c1[2H]. The van der Waals surface area contributed by atoms with Crippen LogP contribution in [0.3, 0.4) is 0 Å². The topological polar surface area (TPSA) is 41.8 Å². The molecule has 10 aromatic carbocycles. The molecule has 0 N–H and O–H groups in total. The van der Waals surface area contributed by atoms with E-state index in [1.165, 1.54) is 0 Å². The predicted molar refractivity (Wildman–Crippen MR) is 295 cm³/mol. The van der Waals surface area contributed by atoms with Gasteiger partial charge in [-0.15, -0.1) is 0 Å². The van der Waals surface area contributed by atoms with Crippen molar-refractivity contribution in [2.75, 3.05) is 0 Å². The molecule has 0 bridgehead atoms. The number of ether oxygens (including phenoxy) is 1. The van der Waals surface area contributed by atoms with Crippen molar-refractivity contribution in [1.29, 1.82) is 0 Å². The van der Waals surface area contributed by atoms with Crippen LogP contribution in [-0.4, -0.2) is 23.3 Å². The van der Waals surface area contributed by atoms with Crippen molar-refractivity contribution < 1.29 is 37.8 Å². The Kier molecular flexibility index (Phi) is 8.09. The number of imidazole rings is 1. The van der Waals surface area contributed by atoms with Crippen LogP contribution in [0.4, 0.5) is 0 Å². The summed E-state index contributed by atoms with van der Waals surface area (Å²) >= 11 is 2.20. The summed E-state index contributed by atoms with van der Waals surface area (Å²) in [6.45, 7) is 0. The standard InChI is InChI=1S/C66H43N5O.Pt/c1-4-19-45(20-5-1)48-35-38-65(67-43-48)71-61-32-15-12-29-55(61)56-37-36-52(42-64(56)71)72-51-26-18-25-49(39-51)68-44-69(63-34-17-16-33-62(63)68)66-57(46-21-6-2-7-22-46)40-50(41-58(66)47-23-8-3-9-24-47)70-59-30-13-10-27-53(59)54-28-11-14-31-60(54)70;/h1-43H;/i2D,3D,6D,7D,8D,9D,21D,22D,23D,24D;. The van der Waals surface area contributed by atoms with Gasteiger partial charge in [-0.05, 0) is 11.6 Å². The van der Waals surface area contributed by atoms with Crippen LogP contribution in [0.5, 0.6) is 11.5 Å². The third-order valence-corrected chi connectivity index (χ3v) is 14.5. The number of benzene rings is 10. The molecule has 7 heteroatoms. The first kappa shape index (κ1) is 33.5. The summed E-state index contributed by atoms with van der Waals surface area (Å²) in [5.74, 6) is 1.85. The van der Waals surface area contributed by atoms with Crippen molar-refractivity contribution in [3.63, 3.8) is 0 Å². The van der Waals surface area contributed by atoms with Gasteiger partial charge in [0.25, 0.3) is 0 Å². The van der Waals surface area contributed by atoms with E-state index >= 15 is 0 Å². The third-order valence-electron chi connectivity index (χ3n) is 13.4. The number of nitrogens with zero attached hydrogens (tertiary/aromatic N) is 5. The van der Waals surface area contributed by atoms with Crippen LogP contribution in [0.25, 0.3) is 111 Å². The Hall–Kier alpha value is -9.09. The van der Waals surface area contributed by atoms with E-state index in [1.54, 1.807) is 12.1 Å². The van der Waals surface area contributed by atoms with Gasteiger partial charge in [-0.25, -0.2) is 0 Å². The molecule has 0 radical (unpaired) electrons. The van der Waals surface area contributed by atoms with Gasteiger partial charge in [-0.2, -0.15) is 0 Å². The molecule has 0 saturated carbocycles. The monoisotopic (exact) mass is 1130 g/mol. The molecular weight excluding hydrogens is 1070 g/mol. The van der Waals surface area contributed by atoms with Gasteiger partial charge in [0.1, 0.15) is 0 Å². The second kappa shape index (κ2) is 17.6. The van der Waals surface area contributed by atoms with Gasteiger partial charge in [0.2, 0.25) is 0 Å². The molecule has 14 rings (SSSR count). The van der Waals surface area contributed by atoms with E-state index in [-0.39, 0.29) is 27.9 Å². The van der Waals surface area contributed by atoms with Crippen molar-refractivity contribution >= 4 is 54.6 Å². The normalized spacial score (nSPS) is 13.6. The Morgan fingerprint density at radius 1 is 0.370 bits per heavy atom. The molecule has 14 aromatic rings. The fourth-order valence-electron chi connectivity index (χ4n) is 10.3. The summed E-state index contributed by atoms with van der Waals surface area (Å²) in [6, 6.07) is 57.6. The van der Waals surface area contributed by atoms with Gasteiger partial charge < -0.3 is 0 Å². The Morgan fingerprint density at radius 3 is 1.51 bits per heavy atom. The zero-order chi connectivity index (χ0) is 57.1. The average Bonchev–Trinajstić information content (AvgIpc) is 2.24. The summed E-state index contributed by atoms with van der Waals surface area (Å²) in [7, 11) is 0. The summed E-state index contributed by atoms with van der Waals surface area (Å²) in [5, 5.41) is 3.94. The van der Waals surface area contributed by atoms with Crippen molar-refractivity contribution in [2.24, 2.45) is 0 Å². The summed E-state index contributed by atoms with van der Waals surface area (Å²) < 4.78 is 107. The van der Waals surface area contributed by atoms with E-state index in [0.717, 1.165) is 60.6 Å². The van der Waals surface area contributed by atoms with Crippen LogP contribution in [-0.2, 0) is 19.4 Å². The van der Waals surface area contributed by atoms with Crippen LogP contribution < -0.4 is 4.74 Å². The minimum absolute atomic E-state index is 0.144. The molecule has 0 spiro atoms. The van der Waals surface area contributed by atoms with E-state index in [1.807, 2.05) is 165 Å². The Bertz CT molecular complexity index is 4910. The Balaban J connectivity index is 0.994. The molecule has 0 amide bonds. The van der Waals surface area contributed by atoms with Crippen molar-refractivity contribution in [3.8, 4) is 67.8 Å². The van der Waals surface area contributed by atoms with Gasteiger partial charge in [0.05, 0.1) is 0 Å². The van der Waals surface area contributed by atoms with E-state index in [0.29, 0.717) is 37.7 Å². The number of fused-ring (bicyclic) bond motifs is 7. The van der Waals surface area contributed by atoms with E-state index in [2.05, 4.69) is 60.3 Å². The minimum atomic E-state index is -0.580. The van der Waals surface area contributed by atoms with Gasteiger partial charge in [0.15, 0.2) is 0 Å². The molecule has 0 fully saturated rings. The summed E-state index contributed by atoms with van der Waals surface area (Å²) in [5.41, 5.74) is 8.21. The molecule has 73 heavy (non-hydrogen) atoms. The molecule has 0 unspecified atom stereocenters.